The highest BCUT2D eigenvalue weighted by atomic mass is 16.1. The van der Waals surface area contributed by atoms with Gasteiger partial charge < -0.3 is 4.90 Å². The molecule has 0 bridgehead atoms. The van der Waals surface area contributed by atoms with Gasteiger partial charge in [0.2, 0.25) is 6.41 Å². The molecule has 4 heteroatoms. The van der Waals surface area contributed by atoms with E-state index in [0.717, 1.165) is 32.6 Å². The second-order valence-electron chi connectivity index (χ2n) is 2.98. The number of nitriles is 1. The number of piperazine rings is 1. The maximum absolute atomic E-state index is 10.3. The van der Waals surface area contributed by atoms with Crippen molar-refractivity contribution < 1.29 is 4.79 Å². The van der Waals surface area contributed by atoms with Crippen LogP contribution in [0.3, 0.4) is 0 Å². The van der Waals surface area contributed by atoms with Gasteiger partial charge in [-0.1, -0.05) is 0 Å². The number of hydrogen-bond acceptors (Lipinski definition) is 3. The van der Waals surface area contributed by atoms with Gasteiger partial charge in [0.1, 0.15) is 0 Å². The molecule has 12 heavy (non-hydrogen) atoms. The molecular formula is C8H13N3O. The summed E-state index contributed by atoms with van der Waals surface area (Å²) in [7, 11) is 0. The van der Waals surface area contributed by atoms with E-state index in [1.807, 2.05) is 6.92 Å². The first-order valence-electron chi connectivity index (χ1n) is 4.11. The van der Waals surface area contributed by atoms with Crippen LogP contribution in [0.4, 0.5) is 0 Å². The lowest BCUT2D eigenvalue weighted by Gasteiger charge is -2.33. The lowest BCUT2D eigenvalue weighted by atomic mass is 10.2. The predicted molar refractivity (Wildman–Crippen MR) is 44.3 cm³/mol. The summed E-state index contributed by atoms with van der Waals surface area (Å²) in [5.74, 6) is 0. The summed E-state index contributed by atoms with van der Waals surface area (Å²) < 4.78 is 0. The smallest absolute Gasteiger partial charge is 0.209 e. The van der Waals surface area contributed by atoms with Gasteiger partial charge in [-0.15, -0.1) is 0 Å². The summed E-state index contributed by atoms with van der Waals surface area (Å²) >= 11 is 0. The summed E-state index contributed by atoms with van der Waals surface area (Å²) in [6, 6.07) is 2.16. The van der Waals surface area contributed by atoms with E-state index in [2.05, 4.69) is 11.0 Å². The van der Waals surface area contributed by atoms with Crippen molar-refractivity contribution in [1.82, 2.24) is 9.80 Å². The van der Waals surface area contributed by atoms with E-state index in [1.54, 1.807) is 4.90 Å². The van der Waals surface area contributed by atoms with E-state index < -0.39 is 0 Å². The van der Waals surface area contributed by atoms with E-state index in [4.69, 9.17) is 5.26 Å². The molecule has 0 aromatic heterocycles. The van der Waals surface area contributed by atoms with Crippen LogP contribution in [-0.2, 0) is 4.79 Å². The minimum absolute atomic E-state index is 0.0289. The van der Waals surface area contributed by atoms with Crippen molar-refractivity contribution in [3.63, 3.8) is 0 Å². The van der Waals surface area contributed by atoms with Gasteiger partial charge in [0.25, 0.3) is 0 Å². The molecule has 1 atom stereocenters. The molecule has 4 nitrogen and oxygen atoms in total. The zero-order valence-electron chi connectivity index (χ0n) is 7.23. The fourth-order valence-electron chi connectivity index (χ4n) is 1.31. The van der Waals surface area contributed by atoms with Crippen molar-refractivity contribution in [3.8, 4) is 6.07 Å². The third kappa shape index (κ3) is 1.95. The molecule has 1 amide bonds. The molecule has 1 unspecified atom stereocenters. The molecule has 1 rings (SSSR count). The van der Waals surface area contributed by atoms with Crippen molar-refractivity contribution >= 4 is 6.41 Å². The topological polar surface area (TPSA) is 47.3 Å². The molecule has 0 aliphatic carbocycles. The van der Waals surface area contributed by atoms with Crippen molar-refractivity contribution in [2.75, 3.05) is 26.2 Å². The number of rotatable bonds is 2. The molecule has 1 fully saturated rings. The second kappa shape index (κ2) is 4.07. The Labute approximate surface area is 72.4 Å². The van der Waals surface area contributed by atoms with Gasteiger partial charge in [-0.2, -0.15) is 5.26 Å². The van der Waals surface area contributed by atoms with Crippen LogP contribution in [0, 0.1) is 11.3 Å². The molecule has 0 spiro atoms. The normalized spacial score (nSPS) is 21.5. The Kier molecular flexibility index (Phi) is 3.06. The van der Waals surface area contributed by atoms with Crippen LogP contribution in [0.1, 0.15) is 6.92 Å². The van der Waals surface area contributed by atoms with Gasteiger partial charge >= 0.3 is 0 Å². The van der Waals surface area contributed by atoms with Crippen LogP contribution in [-0.4, -0.2) is 48.4 Å². The largest absolute Gasteiger partial charge is 0.343 e. The van der Waals surface area contributed by atoms with Crippen LogP contribution < -0.4 is 0 Å². The molecule has 66 valence electrons. The third-order valence-electron chi connectivity index (χ3n) is 2.23. The Morgan fingerprint density at radius 2 is 2.00 bits per heavy atom. The van der Waals surface area contributed by atoms with Gasteiger partial charge in [-0.05, 0) is 6.92 Å². The maximum atomic E-state index is 10.3. The quantitative estimate of drug-likeness (QED) is 0.529. The van der Waals surface area contributed by atoms with Crippen molar-refractivity contribution in [2.45, 2.75) is 13.0 Å². The minimum atomic E-state index is -0.0289. The molecule has 0 saturated carbocycles. The first kappa shape index (κ1) is 9.01. The molecule has 0 N–H and O–H groups in total. The Balaban J connectivity index is 2.36. The van der Waals surface area contributed by atoms with Crippen LogP contribution in [0.2, 0.25) is 0 Å². The lowest BCUT2D eigenvalue weighted by molar-refractivity contribution is -0.119. The van der Waals surface area contributed by atoms with Gasteiger partial charge in [-0.3, -0.25) is 9.69 Å². The molecule has 1 aliphatic rings. The lowest BCUT2D eigenvalue weighted by Crippen LogP contribution is -2.48. The predicted octanol–water partition coefficient (Wildman–Crippen LogP) is -0.328. The molecule has 0 aromatic rings. The molecule has 0 radical (unpaired) electrons. The average Bonchev–Trinajstić information content (AvgIpc) is 2.17. The Bertz CT molecular complexity index is 191. The van der Waals surface area contributed by atoms with Crippen LogP contribution >= 0.6 is 0 Å². The second-order valence-corrected chi connectivity index (χ2v) is 2.98. The van der Waals surface area contributed by atoms with Crippen molar-refractivity contribution in [1.29, 1.82) is 5.26 Å². The van der Waals surface area contributed by atoms with E-state index >= 15 is 0 Å². The first-order valence-corrected chi connectivity index (χ1v) is 4.11. The fourth-order valence-corrected chi connectivity index (χ4v) is 1.31. The summed E-state index contributed by atoms with van der Waals surface area (Å²) in [6.45, 7) is 5.00. The zero-order valence-corrected chi connectivity index (χ0v) is 7.23. The summed E-state index contributed by atoms with van der Waals surface area (Å²) in [4.78, 5) is 14.2. The van der Waals surface area contributed by atoms with Crippen LogP contribution in [0.5, 0.6) is 0 Å². The molecule has 1 heterocycles. The monoisotopic (exact) mass is 167 g/mol. The van der Waals surface area contributed by atoms with Gasteiger partial charge in [-0.25, -0.2) is 0 Å². The molecule has 1 aliphatic heterocycles. The average molecular weight is 167 g/mol. The molecule has 1 saturated heterocycles. The van der Waals surface area contributed by atoms with Crippen LogP contribution in [0.25, 0.3) is 0 Å². The van der Waals surface area contributed by atoms with Gasteiger partial charge in [0.05, 0.1) is 12.1 Å². The minimum Gasteiger partial charge on any atom is -0.343 e. The highest BCUT2D eigenvalue weighted by Gasteiger charge is 2.19. The number of hydrogen-bond donors (Lipinski definition) is 0. The Hall–Kier alpha value is -1.08. The van der Waals surface area contributed by atoms with Gasteiger partial charge in [0, 0.05) is 26.2 Å². The van der Waals surface area contributed by atoms with Crippen LogP contribution in [0.15, 0.2) is 0 Å². The summed E-state index contributed by atoms with van der Waals surface area (Å²) in [5, 5.41) is 8.64. The van der Waals surface area contributed by atoms with Crippen molar-refractivity contribution in [2.24, 2.45) is 0 Å². The van der Waals surface area contributed by atoms with Gasteiger partial charge in [0.15, 0.2) is 0 Å². The number of nitrogens with zero attached hydrogens (tertiary/aromatic N) is 3. The molecular weight excluding hydrogens is 154 g/mol. The summed E-state index contributed by atoms with van der Waals surface area (Å²) in [6.07, 6.45) is 0.869. The highest BCUT2D eigenvalue weighted by Crippen LogP contribution is 2.03. The standard InChI is InChI=1S/C8H13N3O/c1-8(6-9)11-4-2-10(7-12)3-5-11/h7-8H,2-5H2,1H3. The SMILES string of the molecule is CC(C#N)N1CCN(C=O)CC1. The fraction of sp³-hybridized carbons (Fsp3) is 0.750. The number of carbonyl (C=O) groups excluding carboxylic acids is 1. The van der Waals surface area contributed by atoms with E-state index in [1.165, 1.54) is 0 Å². The van der Waals surface area contributed by atoms with E-state index in [0.29, 0.717) is 0 Å². The van der Waals surface area contributed by atoms with E-state index in [-0.39, 0.29) is 6.04 Å². The molecule has 0 aromatic carbocycles. The van der Waals surface area contributed by atoms with Crippen molar-refractivity contribution in [3.05, 3.63) is 0 Å². The third-order valence-corrected chi connectivity index (χ3v) is 2.23. The number of carbonyl (C=O) groups is 1. The Morgan fingerprint density at radius 3 is 2.42 bits per heavy atom. The summed E-state index contributed by atoms with van der Waals surface area (Å²) in [5.41, 5.74) is 0. The maximum Gasteiger partial charge on any atom is 0.209 e. The zero-order chi connectivity index (χ0) is 8.97. The Morgan fingerprint density at radius 1 is 1.42 bits per heavy atom. The van der Waals surface area contributed by atoms with E-state index in [9.17, 15) is 4.79 Å². The first-order chi connectivity index (χ1) is 5.77. The number of amides is 1. The highest BCUT2D eigenvalue weighted by molar-refractivity contribution is 5.47.